The fourth-order valence-corrected chi connectivity index (χ4v) is 2.92. The molecule has 0 atom stereocenters. The lowest BCUT2D eigenvalue weighted by atomic mass is 10.1. The predicted octanol–water partition coefficient (Wildman–Crippen LogP) is 4.24. The van der Waals surface area contributed by atoms with Crippen molar-refractivity contribution < 1.29 is 9.32 Å². The standard InChI is InChI=1S/C21H22N4O2/c1-13-6-5-9-17(14(13)2)23-18-8-4-3-7-16(18)21(26)22-12-19-24-20(25-27-19)15-10-11-15/h3-9,15,23H,10-12H2,1-2H3,(H,22,26). The van der Waals surface area contributed by atoms with E-state index in [1.54, 1.807) is 6.07 Å². The largest absolute Gasteiger partial charge is 0.355 e. The van der Waals surface area contributed by atoms with Crippen molar-refractivity contribution >= 4 is 17.3 Å². The Hall–Kier alpha value is -3.15. The van der Waals surface area contributed by atoms with Crippen LogP contribution in [0, 0.1) is 13.8 Å². The van der Waals surface area contributed by atoms with Crippen molar-refractivity contribution in [3.8, 4) is 0 Å². The number of hydrogen-bond donors (Lipinski definition) is 2. The molecule has 1 fully saturated rings. The van der Waals surface area contributed by atoms with E-state index in [0.717, 1.165) is 35.6 Å². The first-order valence-electron chi connectivity index (χ1n) is 9.15. The molecule has 1 saturated carbocycles. The van der Waals surface area contributed by atoms with Crippen LogP contribution in [0.4, 0.5) is 11.4 Å². The van der Waals surface area contributed by atoms with Crippen LogP contribution in [-0.2, 0) is 6.54 Å². The Bertz CT molecular complexity index is 976. The maximum absolute atomic E-state index is 12.7. The zero-order valence-electron chi connectivity index (χ0n) is 15.5. The zero-order chi connectivity index (χ0) is 18.8. The van der Waals surface area contributed by atoms with E-state index in [1.807, 2.05) is 30.3 Å². The molecule has 2 N–H and O–H groups in total. The molecule has 0 radical (unpaired) electrons. The van der Waals surface area contributed by atoms with E-state index in [4.69, 9.17) is 4.52 Å². The van der Waals surface area contributed by atoms with Gasteiger partial charge in [-0.1, -0.05) is 29.4 Å². The van der Waals surface area contributed by atoms with Crippen molar-refractivity contribution in [1.29, 1.82) is 0 Å². The van der Waals surface area contributed by atoms with Crippen LogP contribution in [0.2, 0.25) is 0 Å². The van der Waals surface area contributed by atoms with Crippen molar-refractivity contribution in [1.82, 2.24) is 15.5 Å². The second-order valence-electron chi connectivity index (χ2n) is 6.92. The van der Waals surface area contributed by atoms with E-state index in [9.17, 15) is 4.79 Å². The van der Waals surface area contributed by atoms with E-state index in [0.29, 0.717) is 17.4 Å². The molecule has 138 valence electrons. The van der Waals surface area contributed by atoms with Gasteiger partial charge in [0.05, 0.1) is 17.8 Å². The highest BCUT2D eigenvalue weighted by Crippen LogP contribution is 2.38. The highest BCUT2D eigenvalue weighted by Gasteiger charge is 2.28. The molecule has 3 aromatic rings. The Kier molecular flexibility index (Phi) is 4.62. The van der Waals surface area contributed by atoms with E-state index >= 15 is 0 Å². The summed E-state index contributed by atoms with van der Waals surface area (Å²) >= 11 is 0. The number of carbonyl (C=O) groups excluding carboxylic acids is 1. The lowest BCUT2D eigenvalue weighted by Gasteiger charge is -2.14. The molecule has 1 aliphatic carbocycles. The third-order valence-electron chi connectivity index (χ3n) is 4.87. The Morgan fingerprint density at radius 1 is 1.11 bits per heavy atom. The number of nitrogens with one attached hydrogen (secondary N) is 2. The number of nitrogens with zero attached hydrogens (tertiary/aromatic N) is 2. The summed E-state index contributed by atoms with van der Waals surface area (Å²) < 4.78 is 5.22. The number of anilines is 2. The minimum atomic E-state index is -0.186. The predicted molar refractivity (Wildman–Crippen MR) is 103 cm³/mol. The van der Waals surface area contributed by atoms with Gasteiger partial charge in [0, 0.05) is 11.6 Å². The van der Waals surface area contributed by atoms with Crippen molar-refractivity contribution in [3.05, 3.63) is 70.9 Å². The van der Waals surface area contributed by atoms with Crippen LogP contribution in [0.5, 0.6) is 0 Å². The first-order chi connectivity index (χ1) is 13.1. The molecular weight excluding hydrogens is 340 g/mol. The zero-order valence-corrected chi connectivity index (χ0v) is 15.5. The SMILES string of the molecule is Cc1cccc(Nc2ccccc2C(=O)NCc2nc(C3CC3)no2)c1C. The smallest absolute Gasteiger partial charge is 0.253 e. The fraction of sp³-hybridized carbons (Fsp3) is 0.286. The van der Waals surface area contributed by atoms with E-state index in [2.05, 4.69) is 40.7 Å². The number of rotatable bonds is 6. The number of hydrogen-bond acceptors (Lipinski definition) is 5. The van der Waals surface area contributed by atoms with Crippen LogP contribution < -0.4 is 10.6 Å². The van der Waals surface area contributed by atoms with Gasteiger partial charge < -0.3 is 15.2 Å². The fourth-order valence-electron chi connectivity index (χ4n) is 2.92. The topological polar surface area (TPSA) is 80.0 Å². The summed E-state index contributed by atoms with van der Waals surface area (Å²) in [5.41, 5.74) is 4.67. The summed E-state index contributed by atoms with van der Waals surface area (Å²) in [4.78, 5) is 17.0. The Labute approximate surface area is 158 Å². The Balaban J connectivity index is 1.47. The summed E-state index contributed by atoms with van der Waals surface area (Å²) in [5, 5.41) is 10.2. The van der Waals surface area contributed by atoms with Crippen LogP contribution in [0.1, 0.15) is 52.0 Å². The van der Waals surface area contributed by atoms with Crippen molar-refractivity contribution in [2.75, 3.05) is 5.32 Å². The molecule has 0 unspecified atom stereocenters. The molecule has 1 amide bonds. The average molecular weight is 362 g/mol. The third kappa shape index (κ3) is 3.84. The monoisotopic (exact) mass is 362 g/mol. The minimum absolute atomic E-state index is 0.186. The molecule has 6 nitrogen and oxygen atoms in total. The number of para-hydroxylation sites is 1. The molecule has 1 aliphatic rings. The van der Waals surface area contributed by atoms with Gasteiger partial charge in [0.1, 0.15) is 0 Å². The number of aromatic nitrogens is 2. The van der Waals surface area contributed by atoms with Gasteiger partial charge in [-0.05, 0) is 56.0 Å². The van der Waals surface area contributed by atoms with E-state index in [-0.39, 0.29) is 12.5 Å². The van der Waals surface area contributed by atoms with Crippen LogP contribution in [0.3, 0.4) is 0 Å². The minimum Gasteiger partial charge on any atom is -0.355 e. The maximum Gasteiger partial charge on any atom is 0.253 e. The maximum atomic E-state index is 12.7. The van der Waals surface area contributed by atoms with E-state index in [1.165, 1.54) is 5.56 Å². The Morgan fingerprint density at radius 2 is 1.89 bits per heavy atom. The average Bonchev–Trinajstić information content (AvgIpc) is 3.42. The van der Waals surface area contributed by atoms with Crippen LogP contribution in [0.25, 0.3) is 0 Å². The molecule has 2 aromatic carbocycles. The molecule has 27 heavy (non-hydrogen) atoms. The van der Waals surface area contributed by atoms with Gasteiger partial charge in [0.2, 0.25) is 5.89 Å². The second kappa shape index (κ2) is 7.23. The van der Waals surface area contributed by atoms with Gasteiger partial charge in [0.15, 0.2) is 5.82 Å². The number of aryl methyl sites for hydroxylation is 1. The Morgan fingerprint density at radius 3 is 2.70 bits per heavy atom. The number of carbonyl (C=O) groups is 1. The molecular formula is C21H22N4O2. The lowest BCUT2D eigenvalue weighted by Crippen LogP contribution is -2.23. The van der Waals surface area contributed by atoms with Crippen molar-refractivity contribution in [2.24, 2.45) is 0 Å². The highest BCUT2D eigenvalue weighted by molar-refractivity contribution is 6.00. The quantitative estimate of drug-likeness (QED) is 0.686. The molecule has 4 rings (SSSR count). The molecule has 0 aliphatic heterocycles. The lowest BCUT2D eigenvalue weighted by molar-refractivity contribution is 0.0947. The third-order valence-corrected chi connectivity index (χ3v) is 4.87. The van der Waals surface area contributed by atoms with Gasteiger partial charge in [-0.3, -0.25) is 4.79 Å². The van der Waals surface area contributed by atoms with Gasteiger partial charge in [-0.2, -0.15) is 4.98 Å². The molecule has 1 heterocycles. The number of amides is 1. The van der Waals surface area contributed by atoms with Gasteiger partial charge in [0.25, 0.3) is 5.91 Å². The van der Waals surface area contributed by atoms with Gasteiger partial charge >= 0.3 is 0 Å². The molecule has 0 spiro atoms. The van der Waals surface area contributed by atoms with Gasteiger partial charge in [-0.15, -0.1) is 0 Å². The second-order valence-corrected chi connectivity index (χ2v) is 6.92. The molecule has 6 heteroatoms. The van der Waals surface area contributed by atoms with Crippen LogP contribution >= 0.6 is 0 Å². The van der Waals surface area contributed by atoms with Crippen LogP contribution in [-0.4, -0.2) is 16.0 Å². The molecule has 0 bridgehead atoms. The first-order valence-corrected chi connectivity index (χ1v) is 9.15. The summed E-state index contributed by atoms with van der Waals surface area (Å²) in [6.07, 6.45) is 2.23. The van der Waals surface area contributed by atoms with E-state index < -0.39 is 0 Å². The van der Waals surface area contributed by atoms with Crippen molar-refractivity contribution in [3.63, 3.8) is 0 Å². The first kappa shape index (κ1) is 17.3. The van der Waals surface area contributed by atoms with Crippen molar-refractivity contribution in [2.45, 2.75) is 39.2 Å². The molecule has 1 aromatic heterocycles. The normalized spacial score (nSPS) is 13.4. The highest BCUT2D eigenvalue weighted by atomic mass is 16.5. The summed E-state index contributed by atoms with van der Waals surface area (Å²) in [6.45, 7) is 4.35. The van der Waals surface area contributed by atoms with Crippen LogP contribution in [0.15, 0.2) is 47.0 Å². The summed E-state index contributed by atoms with van der Waals surface area (Å²) in [5.74, 6) is 1.43. The summed E-state index contributed by atoms with van der Waals surface area (Å²) in [6, 6.07) is 13.5. The molecule has 0 saturated heterocycles. The van der Waals surface area contributed by atoms with Gasteiger partial charge in [-0.25, -0.2) is 0 Å². The number of benzene rings is 2. The summed E-state index contributed by atoms with van der Waals surface area (Å²) in [7, 11) is 0.